The lowest BCUT2D eigenvalue weighted by molar-refractivity contribution is 0.0531. The summed E-state index contributed by atoms with van der Waals surface area (Å²) in [5, 5.41) is 3.17. The second-order valence-corrected chi connectivity index (χ2v) is 11.3. The van der Waals surface area contributed by atoms with Crippen LogP contribution in [0.1, 0.15) is 51.8 Å². The molecular weight excluding hydrogens is 470 g/mol. The fourth-order valence-electron chi connectivity index (χ4n) is 3.54. The van der Waals surface area contributed by atoms with Crippen LogP contribution >= 0.6 is 22.7 Å². The van der Waals surface area contributed by atoms with E-state index in [9.17, 15) is 18.0 Å². The third-order valence-corrected chi connectivity index (χ3v) is 9.52. The number of benzene rings is 1. The molecular formula is C21H23N3O5S3. The molecule has 0 aliphatic carbocycles. The number of carbonyl (C=O) groups excluding carboxylic acids is 2. The van der Waals surface area contributed by atoms with E-state index in [0.717, 1.165) is 29.5 Å². The highest BCUT2D eigenvalue weighted by Crippen LogP contribution is 2.37. The van der Waals surface area contributed by atoms with E-state index in [1.807, 2.05) is 6.92 Å². The molecule has 1 fully saturated rings. The predicted octanol–water partition coefficient (Wildman–Crippen LogP) is 4.27. The zero-order valence-corrected chi connectivity index (χ0v) is 20.2. The minimum Gasteiger partial charge on any atom is -0.462 e. The number of nitrogens with one attached hydrogen (secondary N) is 1. The summed E-state index contributed by atoms with van der Waals surface area (Å²) < 4.78 is 32.9. The van der Waals surface area contributed by atoms with E-state index in [0.29, 0.717) is 40.1 Å². The number of aryl methyl sites for hydroxylation is 1. The van der Waals surface area contributed by atoms with Gasteiger partial charge in [0.1, 0.15) is 9.71 Å². The predicted molar refractivity (Wildman–Crippen MR) is 125 cm³/mol. The van der Waals surface area contributed by atoms with Gasteiger partial charge in [0.2, 0.25) is 10.0 Å². The molecule has 11 heteroatoms. The van der Waals surface area contributed by atoms with E-state index in [2.05, 4.69) is 10.3 Å². The van der Waals surface area contributed by atoms with Crippen molar-refractivity contribution in [3.8, 4) is 0 Å². The number of rotatable bonds is 6. The third kappa shape index (κ3) is 4.42. The standard InChI is InChI=1S/C21H23N3O5S3/c1-3-29-20(26)17-13(2)16-19(30-17)23-21(31-16)22-18(25)14-7-9-15(10-8-14)32(27,28)24-11-5-4-6-12-24/h7-10H,3-6,11-12H2,1-2H3,(H,22,23,25). The second-order valence-electron chi connectivity index (χ2n) is 7.37. The molecule has 1 aliphatic rings. The number of amides is 1. The highest BCUT2D eigenvalue weighted by molar-refractivity contribution is 7.89. The topological polar surface area (TPSA) is 106 Å². The average Bonchev–Trinajstić information content (AvgIpc) is 3.33. The molecule has 0 bridgehead atoms. The first kappa shape index (κ1) is 22.8. The minimum absolute atomic E-state index is 0.188. The molecule has 0 radical (unpaired) electrons. The van der Waals surface area contributed by atoms with Crippen LogP contribution in [0.5, 0.6) is 0 Å². The molecule has 0 spiro atoms. The van der Waals surface area contributed by atoms with Gasteiger partial charge in [-0.15, -0.1) is 11.3 Å². The van der Waals surface area contributed by atoms with Crippen molar-refractivity contribution in [2.24, 2.45) is 0 Å². The summed E-state index contributed by atoms with van der Waals surface area (Å²) in [4.78, 5) is 30.5. The largest absolute Gasteiger partial charge is 0.462 e. The Labute approximate surface area is 194 Å². The van der Waals surface area contributed by atoms with Crippen molar-refractivity contribution >= 4 is 59.2 Å². The number of sulfonamides is 1. The number of esters is 1. The summed E-state index contributed by atoms with van der Waals surface area (Å²) in [6, 6.07) is 5.95. The smallest absolute Gasteiger partial charge is 0.348 e. The number of thiophene rings is 1. The first-order chi connectivity index (χ1) is 15.3. The highest BCUT2D eigenvalue weighted by atomic mass is 32.2. The van der Waals surface area contributed by atoms with Gasteiger partial charge in [0.25, 0.3) is 5.91 Å². The van der Waals surface area contributed by atoms with Gasteiger partial charge < -0.3 is 4.74 Å². The van der Waals surface area contributed by atoms with Crippen molar-refractivity contribution in [3.05, 3.63) is 40.3 Å². The number of piperidine rings is 1. The van der Waals surface area contributed by atoms with Crippen molar-refractivity contribution in [1.82, 2.24) is 9.29 Å². The Morgan fingerprint density at radius 3 is 2.44 bits per heavy atom. The van der Waals surface area contributed by atoms with Crippen LogP contribution in [0.3, 0.4) is 0 Å². The van der Waals surface area contributed by atoms with Crippen molar-refractivity contribution < 1.29 is 22.7 Å². The van der Waals surface area contributed by atoms with Gasteiger partial charge in [-0.25, -0.2) is 18.2 Å². The van der Waals surface area contributed by atoms with Crippen LogP contribution in [-0.2, 0) is 14.8 Å². The zero-order chi connectivity index (χ0) is 22.9. The maximum atomic E-state index is 12.8. The highest BCUT2D eigenvalue weighted by Gasteiger charge is 2.26. The van der Waals surface area contributed by atoms with Gasteiger partial charge in [-0.05, 0) is 56.5 Å². The fraction of sp³-hybridized carbons (Fsp3) is 0.381. The summed E-state index contributed by atoms with van der Waals surface area (Å²) in [5.74, 6) is -0.748. The molecule has 0 atom stereocenters. The number of ether oxygens (including phenoxy) is 1. The molecule has 1 aliphatic heterocycles. The van der Waals surface area contributed by atoms with Crippen LogP contribution < -0.4 is 5.32 Å². The van der Waals surface area contributed by atoms with Crippen molar-refractivity contribution in [2.45, 2.75) is 38.0 Å². The minimum atomic E-state index is -3.54. The Morgan fingerprint density at radius 2 is 1.81 bits per heavy atom. The molecule has 1 aromatic carbocycles. The monoisotopic (exact) mass is 493 g/mol. The number of aromatic nitrogens is 1. The SMILES string of the molecule is CCOC(=O)c1sc2nc(NC(=O)c3ccc(S(=O)(=O)N4CCCCC4)cc3)sc2c1C. The Balaban J connectivity index is 1.48. The van der Waals surface area contributed by atoms with E-state index in [-0.39, 0.29) is 16.8 Å². The number of carbonyl (C=O) groups is 2. The maximum absolute atomic E-state index is 12.8. The lowest BCUT2D eigenvalue weighted by Gasteiger charge is -2.25. The van der Waals surface area contributed by atoms with Crippen LogP contribution in [0.25, 0.3) is 9.53 Å². The number of hydrogen-bond acceptors (Lipinski definition) is 8. The third-order valence-electron chi connectivity index (χ3n) is 5.23. The van der Waals surface area contributed by atoms with E-state index in [4.69, 9.17) is 4.74 Å². The lowest BCUT2D eigenvalue weighted by Crippen LogP contribution is -2.35. The number of hydrogen-bond donors (Lipinski definition) is 1. The summed E-state index contributed by atoms with van der Waals surface area (Å²) in [7, 11) is -3.54. The van der Waals surface area contributed by atoms with Crippen LogP contribution in [-0.4, -0.2) is 49.3 Å². The van der Waals surface area contributed by atoms with Gasteiger partial charge in [0.15, 0.2) is 5.13 Å². The Kier molecular flexibility index (Phi) is 6.61. The molecule has 3 heterocycles. The number of anilines is 1. The lowest BCUT2D eigenvalue weighted by atomic mass is 10.2. The molecule has 0 unspecified atom stereocenters. The molecule has 4 rings (SSSR count). The van der Waals surface area contributed by atoms with E-state index in [1.54, 1.807) is 6.92 Å². The maximum Gasteiger partial charge on any atom is 0.348 e. The first-order valence-electron chi connectivity index (χ1n) is 10.3. The quantitative estimate of drug-likeness (QED) is 0.514. The normalized spacial score (nSPS) is 15.1. The van der Waals surface area contributed by atoms with Crippen LogP contribution in [0, 0.1) is 6.92 Å². The molecule has 1 saturated heterocycles. The van der Waals surface area contributed by atoms with E-state index < -0.39 is 10.0 Å². The van der Waals surface area contributed by atoms with Gasteiger partial charge in [-0.1, -0.05) is 17.8 Å². The molecule has 0 saturated carbocycles. The zero-order valence-electron chi connectivity index (χ0n) is 17.7. The molecule has 8 nitrogen and oxygen atoms in total. The molecule has 170 valence electrons. The van der Waals surface area contributed by atoms with Gasteiger partial charge in [0, 0.05) is 18.7 Å². The summed E-state index contributed by atoms with van der Waals surface area (Å²) >= 11 is 2.52. The average molecular weight is 494 g/mol. The van der Waals surface area contributed by atoms with Crippen molar-refractivity contribution in [1.29, 1.82) is 0 Å². The molecule has 32 heavy (non-hydrogen) atoms. The van der Waals surface area contributed by atoms with Crippen molar-refractivity contribution in [2.75, 3.05) is 25.0 Å². The molecule has 1 N–H and O–H groups in total. The van der Waals surface area contributed by atoms with Crippen LogP contribution in [0.4, 0.5) is 5.13 Å². The molecule has 1 amide bonds. The summed E-state index contributed by atoms with van der Waals surface area (Å²) in [6.45, 7) is 4.95. The number of thiazole rings is 1. The summed E-state index contributed by atoms with van der Waals surface area (Å²) in [6.07, 6.45) is 2.78. The Bertz CT molecular complexity index is 1260. The van der Waals surface area contributed by atoms with Gasteiger partial charge >= 0.3 is 5.97 Å². The fourth-order valence-corrected chi connectivity index (χ4v) is 7.26. The van der Waals surface area contributed by atoms with Gasteiger partial charge in [0.05, 0.1) is 16.2 Å². The summed E-state index contributed by atoms with van der Waals surface area (Å²) in [5.41, 5.74) is 1.12. The Morgan fingerprint density at radius 1 is 1.12 bits per heavy atom. The van der Waals surface area contributed by atoms with Crippen LogP contribution in [0.2, 0.25) is 0 Å². The Hall–Kier alpha value is -2.34. The first-order valence-corrected chi connectivity index (χ1v) is 13.4. The number of fused-ring (bicyclic) bond motifs is 1. The second kappa shape index (κ2) is 9.26. The molecule has 3 aromatic rings. The van der Waals surface area contributed by atoms with Gasteiger partial charge in [-0.3, -0.25) is 10.1 Å². The van der Waals surface area contributed by atoms with Gasteiger partial charge in [-0.2, -0.15) is 4.31 Å². The van der Waals surface area contributed by atoms with E-state index >= 15 is 0 Å². The van der Waals surface area contributed by atoms with E-state index in [1.165, 1.54) is 51.2 Å². The molecule has 2 aromatic heterocycles. The van der Waals surface area contributed by atoms with Crippen LogP contribution in [0.15, 0.2) is 29.2 Å². The van der Waals surface area contributed by atoms with Crippen molar-refractivity contribution in [3.63, 3.8) is 0 Å². The number of nitrogens with zero attached hydrogens (tertiary/aromatic N) is 2.